The molecule has 1 heterocycles. The van der Waals surface area contributed by atoms with E-state index in [-0.39, 0.29) is 18.4 Å². The average Bonchev–Trinajstić information content (AvgIpc) is 3.10. The second-order valence-corrected chi connectivity index (χ2v) is 5.89. The molecule has 0 bridgehead atoms. The summed E-state index contributed by atoms with van der Waals surface area (Å²) in [6, 6.07) is 11.8. The van der Waals surface area contributed by atoms with Gasteiger partial charge in [0.15, 0.2) is 6.61 Å². The van der Waals surface area contributed by atoms with Gasteiger partial charge in [-0.2, -0.15) is 11.3 Å². The molecule has 0 saturated heterocycles. The average molecular weight is 329 g/mol. The maximum atomic E-state index is 11.7. The molecule has 2 rings (SSSR count). The van der Waals surface area contributed by atoms with Gasteiger partial charge in [-0.15, -0.1) is 0 Å². The zero-order valence-corrected chi connectivity index (χ0v) is 13.7. The summed E-state index contributed by atoms with van der Waals surface area (Å²) in [6.45, 7) is 2.27. The molecule has 4 nitrogen and oxygen atoms in total. The van der Waals surface area contributed by atoms with Crippen molar-refractivity contribution in [1.82, 2.24) is 5.32 Å². The minimum absolute atomic E-state index is 0.203. The smallest absolute Gasteiger partial charge is 0.331 e. The molecule has 120 valence electrons. The lowest BCUT2D eigenvalue weighted by Crippen LogP contribution is -2.31. The molecule has 0 aliphatic heterocycles. The molecular formula is C18H19NO3S. The third-order valence-electron chi connectivity index (χ3n) is 3.27. The molecule has 0 fully saturated rings. The molecule has 1 atom stereocenters. The van der Waals surface area contributed by atoms with Gasteiger partial charge in [0.05, 0.1) is 0 Å². The van der Waals surface area contributed by atoms with E-state index in [1.54, 1.807) is 17.4 Å². The number of hydrogen-bond acceptors (Lipinski definition) is 4. The van der Waals surface area contributed by atoms with Gasteiger partial charge in [0.2, 0.25) is 0 Å². The second kappa shape index (κ2) is 8.90. The lowest BCUT2D eigenvalue weighted by Gasteiger charge is -2.12. The van der Waals surface area contributed by atoms with Gasteiger partial charge >= 0.3 is 5.97 Å². The minimum Gasteiger partial charge on any atom is -0.452 e. The van der Waals surface area contributed by atoms with E-state index in [2.05, 4.69) is 5.32 Å². The summed E-state index contributed by atoms with van der Waals surface area (Å²) in [5.74, 6) is -0.623. The van der Waals surface area contributed by atoms with Gasteiger partial charge in [-0.1, -0.05) is 37.3 Å². The Kier molecular flexibility index (Phi) is 6.56. The molecule has 2 aromatic rings. The molecule has 1 aromatic heterocycles. The first kappa shape index (κ1) is 17.0. The highest BCUT2D eigenvalue weighted by atomic mass is 32.1. The number of ether oxygens (including phenoxy) is 1. The molecule has 0 unspecified atom stereocenters. The fraction of sp³-hybridized carbons (Fsp3) is 0.222. The van der Waals surface area contributed by atoms with Crippen LogP contribution in [0, 0.1) is 0 Å². The van der Waals surface area contributed by atoms with Crippen molar-refractivity contribution >= 4 is 29.3 Å². The van der Waals surface area contributed by atoms with E-state index in [1.807, 2.05) is 54.1 Å². The first-order valence-corrected chi connectivity index (χ1v) is 8.28. The van der Waals surface area contributed by atoms with E-state index in [9.17, 15) is 9.59 Å². The molecule has 0 aliphatic carbocycles. The number of nitrogens with one attached hydrogen (secondary N) is 1. The lowest BCUT2D eigenvalue weighted by molar-refractivity contribution is -0.143. The predicted molar refractivity (Wildman–Crippen MR) is 92.2 cm³/mol. The summed E-state index contributed by atoms with van der Waals surface area (Å²) >= 11 is 1.55. The number of esters is 1. The first-order chi connectivity index (χ1) is 11.1. The molecule has 0 aliphatic rings. The maximum absolute atomic E-state index is 11.7. The number of hydrogen-bond donors (Lipinski definition) is 1. The van der Waals surface area contributed by atoms with E-state index in [0.717, 1.165) is 11.1 Å². The molecule has 1 aromatic carbocycles. The van der Waals surface area contributed by atoms with Crippen LogP contribution in [0.2, 0.25) is 0 Å². The monoisotopic (exact) mass is 329 g/mol. The summed E-state index contributed by atoms with van der Waals surface area (Å²) in [4.78, 5) is 23.2. The van der Waals surface area contributed by atoms with Crippen molar-refractivity contribution in [1.29, 1.82) is 0 Å². The Morgan fingerprint density at radius 2 is 2.04 bits per heavy atom. The molecule has 5 heteroatoms. The Morgan fingerprint density at radius 1 is 1.26 bits per heavy atom. The Bertz CT molecular complexity index is 650. The maximum Gasteiger partial charge on any atom is 0.331 e. The minimum atomic E-state index is -0.526. The van der Waals surface area contributed by atoms with Crippen molar-refractivity contribution in [3.8, 4) is 0 Å². The van der Waals surface area contributed by atoms with Crippen LogP contribution in [-0.2, 0) is 14.3 Å². The molecule has 1 amide bonds. The molecule has 1 N–H and O–H groups in total. The Hall–Kier alpha value is -2.40. The summed E-state index contributed by atoms with van der Waals surface area (Å²) < 4.78 is 4.91. The quantitative estimate of drug-likeness (QED) is 0.627. The van der Waals surface area contributed by atoms with E-state index in [1.165, 1.54) is 6.08 Å². The van der Waals surface area contributed by atoms with Gasteiger partial charge < -0.3 is 10.1 Å². The number of amides is 1. The molecule has 0 radical (unpaired) electrons. The van der Waals surface area contributed by atoms with Gasteiger partial charge in [-0.05, 0) is 39.9 Å². The van der Waals surface area contributed by atoms with E-state index >= 15 is 0 Å². The predicted octanol–water partition coefficient (Wildman–Crippen LogP) is 3.22. The zero-order chi connectivity index (χ0) is 16.5. The number of rotatable bonds is 7. The number of benzene rings is 1. The third-order valence-corrected chi connectivity index (χ3v) is 3.98. The standard InChI is InChI=1S/C18H19NO3S/c1-14(16-5-3-2-4-6-16)11-19-17(20)12-22-18(21)8-7-15-9-10-23-13-15/h2-10,13-14H,11-12H2,1H3,(H,19,20)/b8-7+/t14-/m1/s1. The van der Waals surface area contributed by atoms with Crippen LogP contribution < -0.4 is 5.32 Å². The molecule has 23 heavy (non-hydrogen) atoms. The van der Waals surface area contributed by atoms with Crippen molar-refractivity contribution < 1.29 is 14.3 Å². The SMILES string of the molecule is C[C@H](CNC(=O)COC(=O)/C=C/c1ccsc1)c1ccccc1. The zero-order valence-electron chi connectivity index (χ0n) is 12.9. The van der Waals surface area contributed by atoms with Crippen LogP contribution in [0.4, 0.5) is 0 Å². The van der Waals surface area contributed by atoms with E-state index < -0.39 is 5.97 Å². The fourth-order valence-electron chi connectivity index (χ4n) is 1.94. The first-order valence-electron chi connectivity index (χ1n) is 7.34. The summed E-state index contributed by atoms with van der Waals surface area (Å²) in [7, 11) is 0. The highest BCUT2D eigenvalue weighted by Gasteiger charge is 2.09. The van der Waals surface area contributed by atoms with Crippen LogP contribution in [0.3, 0.4) is 0 Å². The van der Waals surface area contributed by atoms with Crippen LogP contribution in [0.5, 0.6) is 0 Å². The summed E-state index contributed by atoms with van der Waals surface area (Å²) in [5.41, 5.74) is 2.09. The third kappa shape index (κ3) is 6.08. The van der Waals surface area contributed by atoms with E-state index in [4.69, 9.17) is 4.74 Å². The second-order valence-electron chi connectivity index (χ2n) is 5.11. The van der Waals surface area contributed by atoms with Gasteiger partial charge in [0.25, 0.3) is 5.91 Å². The van der Waals surface area contributed by atoms with E-state index in [0.29, 0.717) is 6.54 Å². The topological polar surface area (TPSA) is 55.4 Å². The van der Waals surface area contributed by atoms with Crippen LogP contribution in [0.25, 0.3) is 6.08 Å². The van der Waals surface area contributed by atoms with Gasteiger partial charge in [0.1, 0.15) is 0 Å². The molecule has 0 saturated carbocycles. The van der Waals surface area contributed by atoms with Crippen LogP contribution in [-0.4, -0.2) is 25.0 Å². The highest BCUT2D eigenvalue weighted by molar-refractivity contribution is 7.08. The van der Waals surface area contributed by atoms with Crippen LogP contribution in [0.15, 0.2) is 53.2 Å². The molecular weight excluding hydrogens is 310 g/mol. The number of carbonyl (C=O) groups excluding carboxylic acids is 2. The Balaban J connectivity index is 1.68. The van der Waals surface area contributed by atoms with Gasteiger partial charge in [-0.3, -0.25) is 4.79 Å². The Labute approximate surface area is 139 Å². The number of carbonyl (C=O) groups is 2. The Morgan fingerprint density at radius 3 is 2.74 bits per heavy atom. The normalized spacial score (nSPS) is 12.0. The largest absolute Gasteiger partial charge is 0.452 e. The van der Waals surface area contributed by atoms with Crippen molar-refractivity contribution in [3.05, 3.63) is 64.4 Å². The van der Waals surface area contributed by atoms with Crippen molar-refractivity contribution in [3.63, 3.8) is 0 Å². The van der Waals surface area contributed by atoms with Crippen molar-refractivity contribution in [2.45, 2.75) is 12.8 Å². The van der Waals surface area contributed by atoms with Crippen molar-refractivity contribution in [2.75, 3.05) is 13.2 Å². The van der Waals surface area contributed by atoms with Crippen LogP contribution >= 0.6 is 11.3 Å². The van der Waals surface area contributed by atoms with Crippen molar-refractivity contribution in [2.24, 2.45) is 0 Å². The van der Waals surface area contributed by atoms with Gasteiger partial charge in [0, 0.05) is 12.6 Å². The van der Waals surface area contributed by atoms with Crippen LogP contribution in [0.1, 0.15) is 24.0 Å². The van der Waals surface area contributed by atoms with Gasteiger partial charge in [-0.25, -0.2) is 4.79 Å². The molecule has 0 spiro atoms. The lowest BCUT2D eigenvalue weighted by atomic mass is 10.0. The fourth-order valence-corrected chi connectivity index (χ4v) is 2.56. The summed E-state index contributed by atoms with van der Waals surface area (Å²) in [6.07, 6.45) is 2.98. The highest BCUT2D eigenvalue weighted by Crippen LogP contribution is 2.12. The number of thiophene rings is 1. The summed E-state index contributed by atoms with van der Waals surface area (Å²) in [5, 5.41) is 6.61.